The average molecular weight is 269 g/mol. The molecule has 4 heteroatoms. The van der Waals surface area contributed by atoms with Gasteiger partial charge in [-0.1, -0.05) is 18.2 Å². The van der Waals surface area contributed by atoms with Gasteiger partial charge in [-0.25, -0.2) is 0 Å². The highest BCUT2D eigenvalue weighted by molar-refractivity contribution is 6.84. The van der Waals surface area contributed by atoms with Gasteiger partial charge in [0.2, 0.25) is 0 Å². The SMILES string of the molecule is COc1ccccc1C[Si](C)(C)O[Si](C)(C)C. The van der Waals surface area contributed by atoms with E-state index in [4.69, 9.17) is 8.85 Å². The highest BCUT2D eigenvalue weighted by Crippen LogP contribution is 2.24. The number of para-hydroxylation sites is 1. The molecule has 2 nitrogen and oxygen atoms in total. The van der Waals surface area contributed by atoms with E-state index in [2.05, 4.69) is 44.9 Å². The van der Waals surface area contributed by atoms with Crippen LogP contribution in [0.15, 0.2) is 24.3 Å². The van der Waals surface area contributed by atoms with Crippen LogP contribution in [0.3, 0.4) is 0 Å². The van der Waals surface area contributed by atoms with Gasteiger partial charge in [0.15, 0.2) is 16.6 Å². The zero-order valence-corrected chi connectivity index (χ0v) is 13.8. The van der Waals surface area contributed by atoms with Crippen LogP contribution in [0.4, 0.5) is 0 Å². The van der Waals surface area contributed by atoms with E-state index >= 15 is 0 Å². The monoisotopic (exact) mass is 268 g/mol. The molecule has 0 bridgehead atoms. The van der Waals surface area contributed by atoms with E-state index < -0.39 is 16.6 Å². The minimum absolute atomic E-state index is 0.979. The number of hydrogen-bond donors (Lipinski definition) is 0. The van der Waals surface area contributed by atoms with Crippen LogP contribution < -0.4 is 4.74 Å². The van der Waals surface area contributed by atoms with Crippen molar-refractivity contribution in [3.63, 3.8) is 0 Å². The summed E-state index contributed by atoms with van der Waals surface area (Å²) in [6.45, 7) is 11.3. The summed E-state index contributed by atoms with van der Waals surface area (Å²) >= 11 is 0. The van der Waals surface area contributed by atoms with Crippen LogP contribution in [0.1, 0.15) is 5.56 Å². The molecule has 17 heavy (non-hydrogen) atoms. The molecule has 0 unspecified atom stereocenters. The van der Waals surface area contributed by atoms with E-state index in [0.29, 0.717) is 0 Å². The van der Waals surface area contributed by atoms with Gasteiger partial charge >= 0.3 is 0 Å². The highest BCUT2D eigenvalue weighted by Gasteiger charge is 2.30. The molecular formula is C13H24O2Si2. The molecule has 0 aliphatic rings. The van der Waals surface area contributed by atoms with Crippen LogP contribution in [-0.4, -0.2) is 23.7 Å². The van der Waals surface area contributed by atoms with Crippen molar-refractivity contribution >= 4 is 16.6 Å². The van der Waals surface area contributed by atoms with Crippen LogP contribution >= 0.6 is 0 Å². The molecule has 0 heterocycles. The lowest BCUT2D eigenvalue weighted by atomic mass is 10.2. The van der Waals surface area contributed by atoms with E-state index in [1.54, 1.807) is 7.11 Å². The van der Waals surface area contributed by atoms with E-state index in [9.17, 15) is 0 Å². The molecule has 0 saturated heterocycles. The van der Waals surface area contributed by atoms with Crippen LogP contribution in [0, 0.1) is 0 Å². The second kappa shape index (κ2) is 5.37. The second-order valence-corrected chi connectivity index (χ2v) is 14.9. The first kappa shape index (κ1) is 14.5. The fourth-order valence-electron chi connectivity index (χ4n) is 2.17. The van der Waals surface area contributed by atoms with Crippen molar-refractivity contribution in [2.24, 2.45) is 0 Å². The molecule has 0 aliphatic heterocycles. The summed E-state index contributed by atoms with van der Waals surface area (Å²) in [4.78, 5) is 0. The van der Waals surface area contributed by atoms with Gasteiger partial charge in [-0.3, -0.25) is 0 Å². The quantitative estimate of drug-likeness (QED) is 0.756. The lowest BCUT2D eigenvalue weighted by Crippen LogP contribution is -2.44. The molecule has 1 aromatic carbocycles. The first-order chi connectivity index (χ1) is 7.73. The number of methoxy groups -OCH3 is 1. The Bertz CT molecular complexity index is 370. The summed E-state index contributed by atoms with van der Waals surface area (Å²) in [7, 11) is -1.37. The Morgan fingerprint density at radius 3 is 2.12 bits per heavy atom. The van der Waals surface area contributed by atoms with Gasteiger partial charge in [0.1, 0.15) is 5.75 Å². The zero-order chi connectivity index (χ0) is 13.1. The van der Waals surface area contributed by atoms with Crippen LogP contribution in [0.5, 0.6) is 5.75 Å². The van der Waals surface area contributed by atoms with Gasteiger partial charge in [-0.15, -0.1) is 0 Å². The summed E-state index contributed by atoms with van der Waals surface area (Å²) in [5.74, 6) is 0.979. The molecule has 0 aromatic heterocycles. The Morgan fingerprint density at radius 2 is 1.59 bits per heavy atom. The first-order valence-corrected chi connectivity index (χ1v) is 12.6. The van der Waals surface area contributed by atoms with Gasteiger partial charge in [-0.05, 0) is 50.4 Å². The van der Waals surface area contributed by atoms with Crippen molar-refractivity contribution < 1.29 is 8.85 Å². The minimum atomic E-state index is -1.65. The normalized spacial score (nSPS) is 12.6. The molecule has 1 aromatic rings. The summed E-state index contributed by atoms with van der Waals surface area (Å²) in [5, 5.41) is 0. The molecule has 0 spiro atoms. The summed E-state index contributed by atoms with van der Waals surface area (Å²) in [5.41, 5.74) is 1.27. The molecule has 0 fully saturated rings. The van der Waals surface area contributed by atoms with Gasteiger partial charge in [-0.2, -0.15) is 0 Å². The Hall–Kier alpha value is -0.586. The number of ether oxygens (including phenoxy) is 1. The maximum absolute atomic E-state index is 6.35. The van der Waals surface area contributed by atoms with Crippen molar-refractivity contribution in [2.75, 3.05) is 7.11 Å². The van der Waals surface area contributed by atoms with E-state index in [0.717, 1.165) is 11.8 Å². The van der Waals surface area contributed by atoms with Crippen molar-refractivity contribution in [2.45, 2.75) is 38.8 Å². The largest absolute Gasteiger partial charge is 0.496 e. The van der Waals surface area contributed by atoms with Gasteiger partial charge < -0.3 is 8.85 Å². The molecule has 0 atom stereocenters. The molecule has 1 rings (SSSR count). The third-order valence-corrected chi connectivity index (χ3v) is 8.28. The standard InChI is InChI=1S/C13H24O2Si2/c1-14-13-10-8-7-9-12(13)11-17(5,6)15-16(2,3)4/h7-10H,11H2,1-6H3. The number of rotatable bonds is 5. The zero-order valence-electron chi connectivity index (χ0n) is 11.8. The summed E-state index contributed by atoms with van der Waals surface area (Å²) < 4.78 is 11.8. The maximum Gasteiger partial charge on any atom is 0.177 e. The Labute approximate surface area is 107 Å². The summed E-state index contributed by atoms with van der Waals surface area (Å²) in [6.07, 6.45) is 0. The Kier molecular flexibility index (Phi) is 4.57. The molecule has 0 saturated carbocycles. The predicted molar refractivity (Wildman–Crippen MR) is 78.6 cm³/mol. The minimum Gasteiger partial charge on any atom is -0.496 e. The third-order valence-electron chi connectivity index (χ3n) is 2.39. The molecule has 96 valence electrons. The van der Waals surface area contributed by atoms with Crippen molar-refractivity contribution in [1.82, 2.24) is 0 Å². The topological polar surface area (TPSA) is 18.5 Å². The number of benzene rings is 1. The third kappa shape index (κ3) is 5.06. The lowest BCUT2D eigenvalue weighted by molar-refractivity contribution is 0.410. The highest BCUT2D eigenvalue weighted by atomic mass is 28.4. The average Bonchev–Trinajstić information content (AvgIpc) is 2.14. The molecule has 0 radical (unpaired) electrons. The predicted octanol–water partition coefficient (Wildman–Crippen LogP) is 3.83. The maximum atomic E-state index is 6.35. The van der Waals surface area contributed by atoms with Gasteiger partial charge in [0.25, 0.3) is 0 Å². The molecular weight excluding hydrogens is 244 g/mol. The van der Waals surface area contributed by atoms with Crippen LogP contribution in [0.25, 0.3) is 0 Å². The van der Waals surface area contributed by atoms with E-state index in [1.165, 1.54) is 5.56 Å². The van der Waals surface area contributed by atoms with E-state index in [-0.39, 0.29) is 0 Å². The molecule has 0 amide bonds. The van der Waals surface area contributed by atoms with Crippen LogP contribution in [0.2, 0.25) is 32.7 Å². The first-order valence-electron chi connectivity index (χ1n) is 6.06. The fourth-order valence-corrected chi connectivity index (χ4v) is 10.3. The van der Waals surface area contributed by atoms with Crippen molar-refractivity contribution in [3.8, 4) is 5.75 Å². The van der Waals surface area contributed by atoms with Gasteiger partial charge in [0, 0.05) is 0 Å². The van der Waals surface area contributed by atoms with Crippen molar-refractivity contribution in [1.29, 1.82) is 0 Å². The Balaban J connectivity index is 2.82. The fraction of sp³-hybridized carbons (Fsp3) is 0.538. The summed E-state index contributed by atoms with van der Waals surface area (Å²) in [6, 6.07) is 9.25. The van der Waals surface area contributed by atoms with Crippen LogP contribution in [-0.2, 0) is 10.2 Å². The van der Waals surface area contributed by atoms with Gasteiger partial charge in [0.05, 0.1) is 7.11 Å². The van der Waals surface area contributed by atoms with Crippen molar-refractivity contribution in [3.05, 3.63) is 29.8 Å². The Morgan fingerprint density at radius 1 is 1.00 bits per heavy atom. The van der Waals surface area contributed by atoms with E-state index in [1.807, 2.05) is 12.1 Å². The molecule has 0 aliphatic carbocycles. The lowest BCUT2D eigenvalue weighted by Gasteiger charge is -2.31. The molecule has 0 N–H and O–H groups in total. The smallest absolute Gasteiger partial charge is 0.177 e. The second-order valence-electron chi connectivity index (χ2n) is 5.96. The number of hydrogen-bond acceptors (Lipinski definition) is 2.